The summed E-state index contributed by atoms with van der Waals surface area (Å²) in [6.07, 6.45) is 0. The Kier molecular flexibility index (Phi) is 115. The van der Waals surface area contributed by atoms with Crippen molar-refractivity contribution >= 4 is 71.7 Å². The Morgan fingerprint density at radius 2 is 1.00 bits per heavy atom. The van der Waals surface area contributed by atoms with Crippen LogP contribution in [0.25, 0.3) is 0 Å². The van der Waals surface area contributed by atoms with Crippen molar-refractivity contribution in [2.45, 2.75) is 0 Å². The molecule has 4 heavy (non-hydrogen) atoms. The van der Waals surface area contributed by atoms with Gasteiger partial charge in [0, 0.05) is 21.7 Å². The van der Waals surface area contributed by atoms with E-state index in [0.29, 0.717) is 0 Å². The molecule has 0 aliphatic rings. The smallest absolute Gasteiger partial charge is 0 e. The fraction of sp³-hybridized carbons (Fsp3) is 0. The SMILES string of the molecule is O.[BiH3].[SrH2].[Ti]. The second-order valence-electron chi connectivity index (χ2n) is 0. The first-order chi connectivity index (χ1) is 0. The normalized spacial score (nSPS) is 0. The molecule has 0 rings (SSSR count). The monoisotopic (exact) mass is 368 g/mol. The standard InChI is InChI=1S/Bi.H2O.Sr.Ti.5H/h;1H2;;;;;;;. The zero-order chi connectivity index (χ0) is 0. The Morgan fingerprint density at radius 3 is 1.00 bits per heavy atom. The third-order valence-corrected chi connectivity index (χ3v) is 0. The summed E-state index contributed by atoms with van der Waals surface area (Å²) in [6, 6.07) is 0. The maximum atomic E-state index is 0. The van der Waals surface area contributed by atoms with Crippen molar-refractivity contribution in [2.75, 3.05) is 0 Å². The molecule has 0 saturated carbocycles. The van der Waals surface area contributed by atoms with E-state index >= 15 is 0 Å². The molecule has 0 aromatic carbocycles. The van der Waals surface area contributed by atoms with Crippen molar-refractivity contribution in [3.05, 3.63) is 0 Å². The minimum absolute atomic E-state index is 0. The fourth-order valence-corrected chi connectivity index (χ4v) is 0. The Balaban J connectivity index is 0. The van der Waals surface area contributed by atoms with Gasteiger partial charge in [-0.2, -0.15) is 0 Å². The Labute approximate surface area is 96.5 Å². The average Bonchev–Trinajstić information content (AvgIpc) is 0. The topological polar surface area (TPSA) is 31.5 Å². The predicted octanol–water partition coefficient (Wildman–Crippen LogP) is -2.93. The van der Waals surface area contributed by atoms with E-state index in [2.05, 4.69) is 0 Å². The summed E-state index contributed by atoms with van der Waals surface area (Å²) in [5.41, 5.74) is 0. The van der Waals surface area contributed by atoms with E-state index in [1.807, 2.05) is 0 Å². The van der Waals surface area contributed by atoms with Gasteiger partial charge in [-0.05, 0) is 0 Å². The van der Waals surface area contributed by atoms with E-state index < -0.39 is 0 Å². The molecular formula is H7BiOSrTi. The van der Waals surface area contributed by atoms with Gasteiger partial charge in [0.05, 0.1) is 0 Å². The second kappa shape index (κ2) is 16.6. The first-order valence-electron chi connectivity index (χ1n) is 0. The molecule has 0 aromatic rings. The van der Waals surface area contributed by atoms with E-state index in [1.165, 1.54) is 0 Å². The van der Waals surface area contributed by atoms with Crippen LogP contribution in [0.15, 0.2) is 0 Å². The summed E-state index contributed by atoms with van der Waals surface area (Å²) >= 11 is 0. The second-order valence-corrected chi connectivity index (χ2v) is 0. The van der Waals surface area contributed by atoms with Crippen LogP contribution in [0.2, 0.25) is 0 Å². The average molecular weight is 368 g/mol. The van der Waals surface area contributed by atoms with Gasteiger partial charge in [-0.1, -0.05) is 0 Å². The van der Waals surface area contributed by atoms with E-state index in [0.717, 1.165) is 0 Å². The molecule has 0 spiro atoms. The van der Waals surface area contributed by atoms with Gasteiger partial charge in [-0.25, -0.2) is 0 Å². The number of rotatable bonds is 0. The molecule has 0 unspecified atom stereocenters. The largest absolute Gasteiger partial charge is 0 e. The summed E-state index contributed by atoms with van der Waals surface area (Å²) in [5.74, 6) is 0. The molecule has 0 saturated heterocycles. The molecule has 4 heteroatoms. The summed E-state index contributed by atoms with van der Waals surface area (Å²) in [4.78, 5) is 0. The van der Waals surface area contributed by atoms with Crippen molar-refractivity contribution in [1.82, 2.24) is 0 Å². The Bertz CT molecular complexity index is 8.00. The van der Waals surface area contributed by atoms with Crippen LogP contribution >= 0.6 is 0 Å². The van der Waals surface area contributed by atoms with E-state index in [1.54, 1.807) is 0 Å². The molecule has 0 atom stereocenters. The summed E-state index contributed by atoms with van der Waals surface area (Å²) in [7, 11) is 0. The van der Waals surface area contributed by atoms with Gasteiger partial charge in [-0.15, -0.1) is 0 Å². The van der Waals surface area contributed by atoms with Crippen molar-refractivity contribution in [1.29, 1.82) is 0 Å². The minimum atomic E-state index is 0. The summed E-state index contributed by atoms with van der Waals surface area (Å²) in [5, 5.41) is 0. The zero-order valence-corrected chi connectivity index (χ0v) is 8.77. The molecule has 0 aliphatic heterocycles. The minimum Gasteiger partial charge on any atom is 0 e. The quantitative estimate of drug-likeness (QED) is 0.411. The van der Waals surface area contributed by atoms with E-state index in [-0.39, 0.29) is 98.9 Å². The van der Waals surface area contributed by atoms with Gasteiger partial charge >= 0.3 is 71.7 Å². The molecular weight excluding hydrogens is 360 g/mol. The van der Waals surface area contributed by atoms with Gasteiger partial charge in [0.15, 0.2) is 0 Å². The molecule has 0 heterocycles. The maximum absolute atomic E-state index is 0. The first kappa shape index (κ1) is 27.8. The fourth-order valence-electron chi connectivity index (χ4n) is 0. The summed E-state index contributed by atoms with van der Waals surface area (Å²) in [6.45, 7) is 0. The van der Waals surface area contributed by atoms with Crippen molar-refractivity contribution < 1.29 is 27.2 Å². The van der Waals surface area contributed by atoms with Crippen molar-refractivity contribution in [3.8, 4) is 0 Å². The van der Waals surface area contributed by atoms with Crippen LogP contribution in [0.4, 0.5) is 0 Å². The molecule has 0 amide bonds. The van der Waals surface area contributed by atoms with Crippen LogP contribution in [-0.2, 0) is 21.7 Å². The molecule has 1 nitrogen and oxygen atoms in total. The van der Waals surface area contributed by atoms with Gasteiger partial charge in [0.2, 0.25) is 0 Å². The van der Waals surface area contributed by atoms with E-state index in [9.17, 15) is 0 Å². The molecule has 0 bridgehead atoms. The maximum Gasteiger partial charge on any atom is 0 e. The summed E-state index contributed by atoms with van der Waals surface area (Å²) < 4.78 is 0. The zero-order valence-electron chi connectivity index (χ0n) is 1.71. The predicted molar refractivity (Wildman–Crippen MR) is 22.1 cm³/mol. The van der Waals surface area contributed by atoms with Gasteiger partial charge < -0.3 is 5.48 Å². The van der Waals surface area contributed by atoms with Gasteiger partial charge in [0.1, 0.15) is 0 Å². The Hall–Kier alpha value is 3.04. The van der Waals surface area contributed by atoms with Crippen LogP contribution in [0, 0.1) is 0 Å². The van der Waals surface area contributed by atoms with E-state index in [4.69, 9.17) is 0 Å². The third-order valence-electron chi connectivity index (χ3n) is 0. The molecule has 0 aromatic heterocycles. The van der Waals surface area contributed by atoms with Gasteiger partial charge in [0.25, 0.3) is 0 Å². The van der Waals surface area contributed by atoms with Crippen LogP contribution in [0.3, 0.4) is 0 Å². The molecule has 2 N–H and O–H groups in total. The van der Waals surface area contributed by atoms with Crippen LogP contribution in [0.5, 0.6) is 0 Å². The van der Waals surface area contributed by atoms with Crippen molar-refractivity contribution in [3.63, 3.8) is 0 Å². The molecule has 0 aliphatic carbocycles. The van der Waals surface area contributed by atoms with Crippen LogP contribution in [-0.4, -0.2) is 77.2 Å². The van der Waals surface area contributed by atoms with Crippen LogP contribution < -0.4 is 0 Å². The van der Waals surface area contributed by atoms with Gasteiger partial charge in [-0.3, -0.25) is 0 Å². The first-order valence-corrected chi connectivity index (χ1v) is 0. The van der Waals surface area contributed by atoms with Crippen molar-refractivity contribution in [2.24, 2.45) is 0 Å². The molecule has 24 valence electrons. The number of hydrogen-bond donors (Lipinski definition) is 0. The third kappa shape index (κ3) is 8.90. The number of hydrogen-bond acceptors (Lipinski definition) is 0. The molecule has 0 fully saturated rings. The molecule has 0 radical (unpaired) electrons. The van der Waals surface area contributed by atoms with Crippen LogP contribution in [0.1, 0.15) is 0 Å². The Morgan fingerprint density at radius 1 is 1.00 bits per heavy atom.